The van der Waals surface area contributed by atoms with Gasteiger partial charge in [0.2, 0.25) is 0 Å². The maximum atomic E-state index is 5.62. The first-order chi connectivity index (χ1) is 21.7. The Balaban J connectivity index is 0.965. The molecule has 2 aliphatic heterocycles. The smallest absolute Gasteiger partial charge is 0.189 e. The Morgan fingerprint density at radius 1 is 0.568 bits per heavy atom. The van der Waals surface area contributed by atoms with Gasteiger partial charge in [0, 0.05) is 28.2 Å². The quantitative estimate of drug-likeness (QED) is 0.0969. The second kappa shape index (κ2) is 13.0. The van der Waals surface area contributed by atoms with Crippen LogP contribution in [0.25, 0.3) is 11.1 Å². The molecule has 2 unspecified atom stereocenters. The van der Waals surface area contributed by atoms with Crippen LogP contribution in [0.5, 0.6) is 11.5 Å². The van der Waals surface area contributed by atoms with Gasteiger partial charge in [-0.25, -0.2) is 0 Å². The van der Waals surface area contributed by atoms with Crippen molar-refractivity contribution < 1.29 is 28.4 Å². The van der Waals surface area contributed by atoms with Crippen molar-refractivity contribution in [3.63, 3.8) is 0 Å². The minimum Gasteiger partial charge on any atom is -0.468 e. The van der Waals surface area contributed by atoms with Crippen molar-refractivity contribution >= 4 is 0 Å². The van der Waals surface area contributed by atoms with Gasteiger partial charge in [-0.2, -0.15) is 0 Å². The molecule has 0 bridgehead atoms. The van der Waals surface area contributed by atoms with Gasteiger partial charge in [0.25, 0.3) is 0 Å². The average Bonchev–Trinajstić information content (AvgIpc) is 4.01. The molecular formula is C38H32O6. The predicted octanol–water partition coefficient (Wildman–Crippen LogP) is 6.12. The molecule has 2 atom stereocenters. The number of fused-ring (bicyclic) bond motifs is 3. The third-order valence-corrected chi connectivity index (χ3v) is 7.77. The van der Waals surface area contributed by atoms with E-state index in [9.17, 15) is 0 Å². The first-order valence-corrected chi connectivity index (χ1v) is 14.8. The van der Waals surface area contributed by atoms with Crippen molar-refractivity contribution in [2.75, 3.05) is 40.0 Å². The highest BCUT2D eigenvalue weighted by molar-refractivity contribution is 5.80. The second-order valence-electron chi connectivity index (χ2n) is 11.1. The lowest BCUT2D eigenvalue weighted by atomic mass is 9.97. The summed E-state index contributed by atoms with van der Waals surface area (Å²) in [5, 5.41) is 0. The van der Waals surface area contributed by atoms with Gasteiger partial charge in [0.15, 0.2) is 13.6 Å². The Labute approximate surface area is 257 Å². The van der Waals surface area contributed by atoms with E-state index in [2.05, 4.69) is 67.0 Å². The number of hydrogen-bond acceptors (Lipinski definition) is 6. The Kier molecular flexibility index (Phi) is 8.32. The summed E-state index contributed by atoms with van der Waals surface area (Å²) in [4.78, 5) is 0. The first-order valence-electron chi connectivity index (χ1n) is 14.8. The van der Waals surface area contributed by atoms with Crippen LogP contribution >= 0.6 is 0 Å². The van der Waals surface area contributed by atoms with Gasteiger partial charge in [-0.3, -0.25) is 0 Å². The summed E-state index contributed by atoms with van der Waals surface area (Å²) in [5.41, 5.74) is 8.96. The maximum Gasteiger partial charge on any atom is 0.189 e. The van der Waals surface area contributed by atoms with Crippen LogP contribution in [0, 0.1) is 23.7 Å². The fraction of sp³-hybridized carbons (Fsp3) is 0.263. The van der Waals surface area contributed by atoms with Crippen molar-refractivity contribution in [1.82, 2.24) is 0 Å². The molecule has 2 fully saturated rings. The summed E-state index contributed by atoms with van der Waals surface area (Å²) < 4.78 is 32.4. The maximum absolute atomic E-state index is 5.62. The van der Waals surface area contributed by atoms with E-state index in [-0.39, 0.29) is 31.7 Å². The molecule has 6 nitrogen and oxygen atoms in total. The largest absolute Gasteiger partial charge is 0.468 e. The zero-order valence-corrected chi connectivity index (χ0v) is 24.5. The Morgan fingerprint density at radius 3 is 1.36 bits per heavy atom. The second-order valence-corrected chi connectivity index (χ2v) is 11.1. The van der Waals surface area contributed by atoms with Crippen molar-refractivity contribution in [3.05, 3.63) is 118 Å². The van der Waals surface area contributed by atoms with Gasteiger partial charge in [-0.15, -0.1) is 0 Å². The van der Waals surface area contributed by atoms with Crippen LogP contribution < -0.4 is 9.47 Å². The highest BCUT2D eigenvalue weighted by Crippen LogP contribution is 2.45. The highest BCUT2D eigenvalue weighted by Gasteiger charge is 2.26. The van der Waals surface area contributed by atoms with E-state index in [0.29, 0.717) is 13.2 Å². The molecule has 0 aromatic heterocycles. The van der Waals surface area contributed by atoms with Crippen molar-refractivity contribution in [3.8, 4) is 46.3 Å². The van der Waals surface area contributed by atoms with Gasteiger partial charge in [0.05, 0.1) is 26.4 Å². The van der Waals surface area contributed by atoms with Crippen LogP contribution in [0.2, 0.25) is 0 Å². The van der Waals surface area contributed by atoms with E-state index in [1.165, 1.54) is 22.3 Å². The number of benzene rings is 4. The Hall–Kier alpha value is -4.56. The van der Waals surface area contributed by atoms with Gasteiger partial charge in [0.1, 0.15) is 23.7 Å². The zero-order chi connectivity index (χ0) is 29.7. The molecule has 0 spiro atoms. The number of epoxide rings is 2. The van der Waals surface area contributed by atoms with Crippen LogP contribution in [0.4, 0.5) is 0 Å². The Bertz CT molecular complexity index is 1610. The van der Waals surface area contributed by atoms with Gasteiger partial charge >= 0.3 is 0 Å². The molecule has 0 radical (unpaired) electrons. The van der Waals surface area contributed by atoms with Crippen molar-refractivity contribution in [2.24, 2.45) is 0 Å². The molecule has 2 saturated heterocycles. The van der Waals surface area contributed by atoms with E-state index >= 15 is 0 Å². The number of ether oxygens (including phenoxy) is 6. The molecule has 2 heterocycles. The van der Waals surface area contributed by atoms with Crippen molar-refractivity contribution in [2.45, 2.75) is 25.0 Å². The van der Waals surface area contributed by atoms with Crippen LogP contribution in [-0.4, -0.2) is 52.2 Å². The lowest BCUT2D eigenvalue weighted by molar-refractivity contribution is 0.00809. The topological polar surface area (TPSA) is 62.0 Å². The molecule has 4 aromatic carbocycles. The van der Waals surface area contributed by atoms with E-state index < -0.39 is 0 Å². The molecule has 4 aromatic rings. The Morgan fingerprint density at radius 2 is 0.955 bits per heavy atom. The van der Waals surface area contributed by atoms with Gasteiger partial charge < -0.3 is 28.4 Å². The third-order valence-electron chi connectivity index (χ3n) is 7.77. The molecule has 0 saturated carbocycles. The zero-order valence-electron chi connectivity index (χ0n) is 24.5. The molecule has 1 aliphatic carbocycles. The van der Waals surface area contributed by atoms with Crippen molar-refractivity contribution in [1.29, 1.82) is 0 Å². The third kappa shape index (κ3) is 7.14. The van der Waals surface area contributed by atoms with E-state index in [1.54, 1.807) is 0 Å². The fourth-order valence-electron chi connectivity index (χ4n) is 5.12. The summed E-state index contributed by atoms with van der Waals surface area (Å²) in [6.07, 6.45) is 0.472. The standard InChI is InChI=1S/C38H32O6/c1-26-37-18-29(4-2-27-6-12-31(13-7-27)43-24-39-20-33-22-41-33)10-16-35(37)36-17-11-30(19-38(26)36)5-3-28-8-14-32(15-9-28)44-25-40-21-34-23-42-34/h6-19,26,33-34H,20-25H2,1H3. The predicted molar refractivity (Wildman–Crippen MR) is 167 cm³/mol. The molecule has 0 amide bonds. The molecule has 7 rings (SSSR count). The number of hydrogen-bond donors (Lipinski definition) is 0. The minimum absolute atomic E-state index is 0.215. The average molecular weight is 585 g/mol. The summed E-state index contributed by atoms with van der Waals surface area (Å²) >= 11 is 0. The molecule has 3 aliphatic rings. The van der Waals surface area contributed by atoms with Gasteiger partial charge in [-0.05, 0) is 95.1 Å². The van der Waals surface area contributed by atoms with E-state index in [1.807, 2.05) is 48.5 Å². The molecular weight excluding hydrogens is 552 g/mol. The SMILES string of the molecule is CC1c2cc(C#Cc3ccc(OCOCC4CO4)cc3)ccc2-c2ccc(C#Cc3ccc(OCOCC4CO4)cc3)cc21. The lowest BCUT2D eigenvalue weighted by Gasteiger charge is -2.07. The van der Waals surface area contributed by atoms with E-state index in [4.69, 9.17) is 28.4 Å². The fourth-order valence-corrected chi connectivity index (χ4v) is 5.12. The highest BCUT2D eigenvalue weighted by atomic mass is 16.7. The monoisotopic (exact) mass is 584 g/mol. The summed E-state index contributed by atoms with van der Waals surface area (Å²) in [5.74, 6) is 15.0. The minimum atomic E-state index is 0.215. The van der Waals surface area contributed by atoms with Crippen LogP contribution in [0.1, 0.15) is 46.2 Å². The van der Waals surface area contributed by atoms with Gasteiger partial charge in [-0.1, -0.05) is 42.7 Å². The molecule has 220 valence electrons. The lowest BCUT2D eigenvalue weighted by Crippen LogP contribution is -2.07. The molecule has 44 heavy (non-hydrogen) atoms. The first kappa shape index (κ1) is 28.2. The van der Waals surface area contributed by atoms with Crippen LogP contribution in [0.3, 0.4) is 0 Å². The normalized spacial score (nSPS) is 18.6. The molecule has 6 heteroatoms. The van der Waals surface area contributed by atoms with Crippen LogP contribution in [0.15, 0.2) is 84.9 Å². The van der Waals surface area contributed by atoms with E-state index in [0.717, 1.165) is 47.0 Å². The summed E-state index contributed by atoms with van der Waals surface area (Å²) in [7, 11) is 0. The number of rotatable bonds is 10. The summed E-state index contributed by atoms with van der Waals surface area (Å²) in [6, 6.07) is 28.5. The summed E-state index contributed by atoms with van der Waals surface area (Å²) in [6.45, 7) is 5.38. The molecule has 0 N–H and O–H groups in total. The van der Waals surface area contributed by atoms with Crippen LogP contribution in [-0.2, 0) is 18.9 Å².